The summed E-state index contributed by atoms with van der Waals surface area (Å²) in [5.41, 5.74) is 6.25. The first-order chi connectivity index (χ1) is 20.1. The highest BCUT2D eigenvalue weighted by atomic mass is 28.4. The van der Waals surface area contributed by atoms with Gasteiger partial charge in [-0.05, 0) is 103 Å². The minimum absolute atomic E-state index is 0.111. The molecular weight excluding hydrogens is 562 g/mol. The maximum Gasteiger partial charge on any atom is 0.338 e. The third-order valence-electron chi connectivity index (χ3n) is 8.44. The van der Waals surface area contributed by atoms with Crippen molar-refractivity contribution in [2.75, 3.05) is 66.7 Å². The molecule has 2 N–H and O–H groups in total. The van der Waals surface area contributed by atoms with Gasteiger partial charge in [-0.25, -0.2) is 4.79 Å². The summed E-state index contributed by atoms with van der Waals surface area (Å²) in [5.74, 6) is 0.898. The molecule has 0 spiro atoms. The van der Waals surface area contributed by atoms with E-state index in [0.29, 0.717) is 29.4 Å². The van der Waals surface area contributed by atoms with Crippen molar-refractivity contribution in [2.45, 2.75) is 103 Å². The fourth-order valence-electron chi connectivity index (χ4n) is 4.82. The zero-order chi connectivity index (χ0) is 32.3. The van der Waals surface area contributed by atoms with Crippen LogP contribution in [0.15, 0.2) is 12.1 Å². The summed E-state index contributed by atoms with van der Waals surface area (Å²) >= 11 is 0. The molecule has 0 bridgehead atoms. The van der Waals surface area contributed by atoms with Crippen molar-refractivity contribution in [1.82, 2.24) is 9.80 Å². The van der Waals surface area contributed by atoms with Gasteiger partial charge in [-0.2, -0.15) is 0 Å². The van der Waals surface area contributed by atoms with Crippen molar-refractivity contribution in [3.63, 3.8) is 0 Å². The highest BCUT2D eigenvalue weighted by molar-refractivity contribution is 6.74. The van der Waals surface area contributed by atoms with Gasteiger partial charge in [0.15, 0.2) is 19.8 Å². The summed E-state index contributed by atoms with van der Waals surface area (Å²) in [5, 5.41) is 0.265. The van der Waals surface area contributed by atoms with Crippen LogP contribution in [0, 0.1) is 0 Å². The molecule has 1 aromatic rings. The van der Waals surface area contributed by atoms with Crippen LogP contribution in [0.2, 0.25) is 18.1 Å². The van der Waals surface area contributed by atoms with Crippen LogP contribution >= 0.6 is 0 Å². The standard InChI is InChI=1S/C33H61N3O6Si/c1-32(2,3)42-31(37)26-24-28(38-7)30(39-8)29(25-26)40-22-11-14-27(34)15-19-36-17-12-16-35(20-21-36)18-13-23-41-43(9,10)33(4,5)6/h24-25,27H,11-23,34H2,1-10H3. The molecule has 0 aliphatic carbocycles. The summed E-state index contributed by atoms with van der Waals surface area (Å²) in [6.45, 7) is 25.0. The van der Waals surface area contributed by atoms with Crippen LogP contribution in [-0.4, -0.2) is 102 Å². The second kappa shape index (κ2) is 17.0. The van der Waals surface area contributed by atoms with Crippen molar-refractivity contribution >= 4 is 14.3 Å². The van der Waals surface area contributed by atoms with E-state index in [4.69, 9.17) is 29.1 Å². The van der Waals surface area contributed by atoms with Gasteiger partial charge in [0.1, 0.15) is 5.60 Å². The van der Waals surface area contributed by atoms with Gasteiger partial charge in [0.25, 0.3) is 0 Å². The first-order valence-electron chi connectivity index (χ1n) is 16.0. The molecule has 1 aliphatic rings. The van der Waals surface area contributed by atoms with Crippen LogP contribution in [0.25, 0.3) is 0 Å². The summed E-state index contributed by atoms with van der Waals surface area (Å²) in [6, 6.07) is 3.38. The summed E-state index contributed by atoms with van der Waals surface area (Å²) in [6.07, 6.45) is 4.92. The Balaban J connectivity index is 1.73. The van der Waals surface area contributed by atoms with Crippen LogP contribution in [0.4, 0.5) is 0 Å². The number of ether oxygens (including phenoxy) is 4. The molecule has 1 atom stereocenters. The van der Waals surface area contributed by atoms with Gasteiger partial charge in [-0.1, -0.05) is 20.8 Å². The Labute approximate surface area is 262 Å². The van der Waals surface area contributed by atoms with E-state index in [2.05, 4.69) is 43.7 Å². The largest absolute Gasteiger partial charge is 0.493 e. The quantitative estimate of drug-likeness (QED) is 0.136. The number of nitrogens with zero attached hydrogens (tertiary/aromatic N) is 2. The second-order valence-electron chi connectivity index (χ2n) is 14.3. The van der Waals surface area contributed by atoms with Gasteiger partial charge in [0.2, 0.25) is 5.75 Å². The van der Waals surface area contributed by atoms with Gasteiger partial charge in [0, 0.05) is 32.3 Å². The molecule has 0 amide bonds. The summed E-state index contributed by atoms with van der Waals surface area (Å²) < 4.78 is 28.9. The van der Waals surface area contributed by atoms with Crippen LogP contribution in [-0.2, 0) is 9.16 Å². The summed E-state index contributed by atoms with van der Waals surface area (Å²) in [4.78, 5) is 17.8. The molecule has 10 heteroatoms. The number of hydrogen-bond donors (Lipinski definition) is 1. The van der Waals surface area contributed by atoms with Gasteiger partial charge in [-0.15, -0.1) is 0 Å². The number of rotatable bonds is 16. The molecule has 1 aliphatic heterocycles. The van der Waals surface area contributed by atoms with E-state index in [-0.39, 0.29) is 11.1 Å². The third kappa shape index (κ3) is 13.0. The zero-order valence-corrected chi connectivity index (χ0v) is 29.8. The average molecular weight is 624 g/mol. The number of methoxy groups -OCH3 is 2. The number of carbonyl (C=O) groups excluding carboxylic acids is 1. The highest BCUT2D eigenvalue weighted by Gasteiger charge is 2.36. The third-order valence-corrected chi connectivity index (χ3v) is 13.0. The molecule has 43 heavy (non-hydrogen) atoms. The van der Waals surface area contributed by atoms with E-state index in [9.17, 15) is 4.79 Å². The molecule has 1 fully saturated rings. The smallest absolute Gasteiger partial charge is 0.338 e. The number of benzene rings is 1. The highest BCUT2D eigenvalue weighted by Crippen LogP contribution is 2.39. The predicted molar refractivity (Wildman–Crippen MR) is 177 cm³/mol. The van der Waals surface area contributed by atoms with Crippen LogP contribution < -0.4 is 19.9 Å². The Morgan fingerprint density at radius 1 is 0.884 bits per heavy atom. The number of nitrogens with two attached hydrogens (primary N) is 1. The minimum atomic E-state index is -1.66. The van der Waals surface area contributed by atoms with E-state index in [0.717, 1.165) is 71.6 Å². The molecule has 0 saturated carbocycles. The van der Waals surface area contributed by atoms with Gasteiger partial charge in [0.05, 0.1) is 26.4 Å². The van der Waals surface area contributed by atoms with Crippen LogP contribution in [0.1, 0.15) is 84.0 Å². The molecule has 248 valence electrons. The first kappa shape index (κ1) is 37.3. The summed E-state index contributed by atoms with van der Waals surface area (Å²) in [7, 11) is 1.43. The van der Waals surface area contributed by atoms with Crippen LogP contribution in [0.3, 0.4) is 0 Å². The van der Waals surface area contributed by atoms with Crippen molar-refractivity contribution in [1.29, 1.82) is 0 Å². The fraction of sp³-hybridized carbons (Fsp3) is 0.788. The maximum absolute atomic E-state index is 12.7. The van der Waals surface area contributed by atoms with E-state index in [1.807, 2.05) is 20.8 Å². The lowest BCUT2D eigenvalue weighted by Crippen LogP contribution is -2.41. The Morgan fingerprint density at radius 2 is 1.51 bits per heavy atom. The van der Waals surface area contributed by atoms with Gasteiger partial charge >= 0.3 is 5.97 Å². The predicted octanol–water partition coefficient (Wildman–Crippen LogP) is 5.96. The normalized spacial score (nSPS) is 16.4. The second-order valence-corrected chi connectivity index (χ2v) is 19.1. The lowest BCUT2D eigenvalue weighted by atomic mass is 10.1. The number of hydrogen-bond acceptors (Lipinski definition) is 9. The Morgan fingerprint density at radius 3 is 2.09 bits per heavy atom. The number of esters is 1. The van der Waals surface area contributed by atoms with Gasteiger partial charge < -0.3 is 38.9 Å². The van der Waals surface area contributed by atoms with E-state index in [1.54, 1.807) is 19.2 Å². The Bertz CT molecular complexity index is 992. The first-order valence-corrected chi connectivity index (χ1v) is 18.9. The lowest BCUT2D eigenvalue weighted by molar-refractivity contribution is 0.00686. The van der Waals surface area contributed by atoms with E-state index < -0.39 is 19.9 Å². The SMILES string of the molecule is COc1cc(C(=O)OC(C)(C)C)cc(OCCCC(N)CCN2CCCN(CCCO[Si](C)(C)C(C)(C)C)CC2)c1OC. The Kier molecular flexibility index (Phi) is 14.8. The minimum Gasteiger partial charge on any atom is -0.493 e. The molecule has 2 rings (SSSR count). The van der Waals surface area contributed by atoms with Crippen LogP contribution in [0.5, 0.6) is 17.2 Å². The molecule has 1 unspecified atom stereocenters. The fourth-order valence-corrected chi connectivity index (χ4v) is 5.90. The lowest BCUT2D eigenvalue weighted by Gasteiger charge is -2.36. The van der Waals surface area contributed by atoms with Crippen molar-refractivity contribution in [3.05, 3.63) is 17.7 Å². The van der Waals surface area contributed by atoms with Crippen molar-refractivity contribution in [2.24, 2.45) is 5.73 Å². The zero-order valence-electron chi connectivity index (χ0n) is 28.8. The topological polar surface area (TPSA) is 95.7 Å². The molecule has 1 heterocycles. The van der Waals surface area contributed by atoms with Crippen molar-refractivity contribution in [3.8, 4) is 17.2 Å². The molecule has 0 aromatic heterocycles. The number of carbonyl (C=O) groups is 1. The van der Waals surface area contributed by atoms with E-state index in [1.165, 1.54) is 13.5 Å². The molecule has 9 nitrogen and oxygen atoms in total. The molecular formula is C33H61N3O6Si. The molecule has 1 saturated heterocycles. The van der Waals surface area contributed by atoms with E-state index >= 15 is 0 Å². The monoisotopic (exact) mass is 623 g/mol. The Hall–Kier alpha value is -1.85. The average Bonchev–Trinajstić information content (AvgIpc) is 3.15. The van der Waals surface area contributed by atoms with Gasteiger partial charge in [-0.3, -0.25) is 0 Å². The molecule has 1 aromatic carbocycles. The molecule has 0 radical (unpaired) electrons. The maximum atomic E-state index is 12.7. The van der Waals surface area contributed by atoms with Crippen molar-refractivity contribution < 1.29 is 28.2 Å².